The lowest BCUT2D eigenvalue weighted by Crippen LogP contribution is -2.45. The van der Waals surface area contributed by atoms with Gasteiger partial charge in [-0.3, -0.25) is 10.1 Å². The van der Waals surface area contributed by atoms with Crippen molar-refractivity contribution in [2.24, 2.45) is 11.5 Å². The Morgan fingerprint density at radius 1 is 1.25 bits per heavy atom. The number of nitrogens with two attached hydrogens (primary N) is 2. The van der Waals surface area contributed by atoms with Crippen molar-refractivity contribution < 1.29 is 9.59 Å². The Morgan fingerprint density at radius 3 is 2.44 bits per heavy atom. The molecule has 0 saturated heterocycles. The van der Waals surface area contributed by atoms with Crippen LogP contribution in [0.5, 0.6) is 0 Å². The number of nitrogens with one attached hydrogen (secondary N) is 1. The first-order valence-electron chi connectivity index (χ1n) is 4.99. The Bertz CT molecular complexity index is 365. The van der Waals surface area contributed by atoms with Gasteiger partial charge in [0.1, 0.15) is 0 Å². The highest BCUT2D eigenvalue weighted by atomic mass is 16.2. The zero-order valence-electron chi connectivity index (χ0n) is 8.85. The lowest BCUT2D eigenvalue weighted by molar-refractivity contribution is -0.121. The van der Waals surface area contributed by atoms with Crippen molar-refractivity contribution in [3.8, 4) is 0 Å². The molecule has 0 radical (unpaired) electrons. The summed E-state index contributed by atoms with van der Waals surface area (Å²) in [6.07, 6.45) is 1.16. The van der Waals surface area contributed by atoms with Gasteiger partial charge in [-0.15, -0.1) is 0 Å². The van der Waals surface area contributed by atoms with Crippen molar-refractivity contribution in [1.29, 1.82) is 0 Å². The van der Waals surface area contributed by atoms with E-state index in [9.17, 15) is 9.59 Å². The second-order valence-electron chi connectivity index (χ2n) is 3.48. The topological polar surface area (TPSA) is 98.2 Å². The van der Waals surface area contributed by atoms with E-state index in [4.69, 9.17) is 11.5 Å². The molecule has 0 unspecified atom stereocenters. The molecule has 1 atom stereocenters. The summed E-state index contributed by atoms with van der Waals surface area (Å²) in [6.45, 7) is 0. The van der Waals surface area contributed by atoms with Crippen LogP contribution >= 0.6 is 0 Å². The van der Waals surface area contributed by atoms with Crippen LogP contribution in [0.15, 0.2) is 30.3 Å². The summed E-state index contributed by atoms with van der Waals surface area (Å²) < 4.78 is 0. The number of urea groups is 1. The highest BCUT2D eigenvalue weighted by Gasteiger charge is 2.14. The number of primary amides is 1. The molecular weight excluding hydrogens is 206 g/mol. The Balaban J connectivity index is 2.38. The molecule has 0 aromatic heterocycles. The normalized spacial score (nSPS) is 11.8. The van der Waals surface area contributed by atoms with Crippen LogP contribution in [0.3, 0.4) is 0 Å². The average molecular weight is 221 g/mol. The van der Waals surface area contributed by atoms with Gasteiger partial charge in [0.2, 0.25) is 5.91 Å². The maximum atomic E-state index is 11.2. The first-order chi connectivity index (χ1) is 7.59. The molecule has 16 heavy (non-hydrogen) atoms. The molecule has 1 rings (SSSR count). The summed E-state index contributed by atoms with van der Waals surface area (Å²) >= 11 is 0. The predicted octanol–water partition coefficient (Wildman–Crippen LogP) is 0.141. The van der Waals surface area contributed by atoms with Crippen molar-refractivity contribution in [3.05, 3.63) is 35.9 Å². The van der Waals surface area contributed by atoms with Crippen LogP contribution in [0.1, 0.15) is 12.0 Å². The lowest BCUT2D eigenvalue weighted by atomic mass is 10.1. The number of amides is 3. The molecule has 0 spiro atoms. The maximum Gasteiger partial charge on any atom is 0.318 e. The molecule has 0 aliphatic carbocycles. The van der Waals surface area contributed by atoms with Crippen molar-refractivity contribution in [2.75, 3.05) is 0 Å². The first kappa shape index (κ1) is 12.2. The fourth-order valence-electron chi connectivity index (χ4n) is 1.31. The van der Waals surface area contributed by atoms with Crippen molar-refractivity contribution in [3.63, 3.8) is 0 Å². The van der Waals surface area contributed by atoms with E-state index in [0.717, 1.165) is 5.56 Å². The molecule has 5 nitrogen and oxygen atoms in total. The molecule has 0 heterocycles. The number of hydrogen-bond acceptors (Lipinski definition) is 3. The largest absolute Gasteiger partial charge is 0.351 e. The van der Waals surface area contributed by atoms with Gasteiger partial charge in [0.15, 0.2) is 0 Å². The van der Waals surface area contributed by atoms with E-state index in [2.05, 4.69) is 0 Å². The van der Waals surface area contributed by atoms with Crippen molar-refractivity contribution in [1.82, 2.24) is 5.32 Å². The molecule has 0 aliphatic heterocycles. The van der Waals surface area contributed by atoms with Gasteiger partial charge < -0.3 is 11.5 Å². The quantitative estimate of drug-likeness (QED) is 0.674. The van der Waals surface area contributed by atoms with E-state index in [1.807, 2.05) is 35.6 Å². The summed E-state index contributed by atoms with van der Waals surface area (Å²) in [5.74, 6) is -0.538. The summed E-state index contributed by atoms with van der Waals surface area (Å²) in [4.78, 5) is 21.7. The minimum atomic E-state index is -0.875. The van der Waals surface area contributed by atoms with Gasteiger partial charge in [-0.1, -0.05) is 30.3 Å². The Kier molecular flexibility index (Phi) is 4.47. The Morgan fingerprint density at radius 2 is 1.88 bits per heavy atom. The van der Waals surface area contributed by atoms with Gasteiger partial charge in [-0.25, -0.2) is 4.79 Å². The summed E-state index contributed by atoms with van der Waals surface area (Å²) in [5.41, 5.74) is 11.5. The van der Waals surface area contributed by atoms with Gasteiger partial charge in [0.25, 0.3) is 0 Å². The van der Waals surface area contributed by atoms with Crippen LogP contribution in [-0.4, -0.2) is 18.0 Å². The first-order valence-corrected chi connectivity index (χ1v) is 4.99. The third kappa shape index (κ3) is 4.10. The minimum absolute atomic E-state index is 0.475. The summed E-state index contributed by atoms with van der Waals surface area (Å²) in [5, 5.41) is 1.95. The number of carbonyl (C=O) groups excluding carboxylic acids is 2. The Labute approximate surface area is 93.8 Å². The lowest BCUT2D eigenvalue weighted by Gasteiger charge is -2.09. The van der Waals surface area contributed by atoms with Gasteiger partial charge in [-0.2, -0.15) is 0 Å². The number of hydrogen-bond donors (Lipinski definition) is 3. The smallest absolute Gasteiger partial charge is 0.318 e. The monoisotopic (exact) mass is 221 g/mol. The highest BCUT2D eigenvalue weighted by molar-refractivity contribution is 5.96. The zero-order chi connectivity index (χ0) is 12.0. The molecule has 1 aromatic rings. The number of benzene rings is 1. The standard InChI is InChI=1S/C11H15N3O2/c12-9(10(15)14-11(13)16)7-6-8-4-2-1-3-5-8/h1-5,9H,6-7,12H2,(H3,13,14,15,16)/t9-/m0/s1. The molecular formula is C11H15N3O2. The van der Waals surface area contributed by atoms with Crippen molar-refractivity contribution >= 4 is 11.9 Å². The van der Waals surface area contributed by atoms with Crippen LogP contribution in [0, 0.1) is 0 Å². The van der Waals surface area contributed by atoms with Crippen molar-refractivity contribution in [2.45, 2.75) is 18.9 Å². The van der Waals surface area contributed by atoms with Crippen LogP contribution in [0.4, 0.5) is 4.79 Å². The van der Waals surface area contributed by atoms with Crippen LogP contribution in [-0.2, 0) is 11.2 Å². The molecule has 86 valence electrons. The van der Waals surface area contributed by atoms with E-state index in [1.54, 1.807) is 0 Å². The molecule has 5 heteroatoms. The summed E-state index contributed by atoms with van der Waals surface area (Å²) in [6, 6.07) is 8.09. The Hall–Kier alpha value is -1.88. The second-order valence-corrected chi connectivity index (χ2v) is 3.48. The van der Waals surface area contributed by atoms with E-state index in [0.29, 0.717) is 12.8 Å². The molecule has 0 aliphatic rings. The van der Waals surface area contributed by atoms with Gasteiger partial charge in [-0.05, 0) is 18.4 Å². The molecule has 0 fully saturated rings. The van der Waals surface area contributed by atoms with Crippen LogP contribution < -0.4 is 16.8 Å². The molecule has 0 saturated carbocycles. The third-order valence-electron chi connectivity index (χ3n) is 2.17. The molecule has 5 N–H and O–H groups in total. The highest BCUT2D eigenvalue weighted by Crippen LogP contribution is 2.03. The fourth-order valence-corrected chi connectivity index (χ4v) is 1.31. The van der Waals surface area contributed by atoms with Gasteiger partial charge in [0, 0.05) is 0 Å². The van der Waals surface area contributed by atoms with E-state index in [1.165, 1.54) is 0 Å². The fraction of sp³-hybridized carbons (Fsp3) is 0.273. The van der Waals surface area contributed by atoms with E-state index >= 15 is 0 Å². The third-order valence-corrected chi connectivity index (χ3v) is 2.17. The number of rotatable bonds is 4. The minimum Gasteiger partial charge on any atom is -0.351 e. The predicted molar refractivity (Wildman–Crippen MR) is 60.5 cm³/mol. The second kappa shape index (κ2) is 5.87. The number of carbonyl (C=O) groups is 2. The molecule has 0 bridgehead atoms. The average Bonchev–Trinajstić information content (AvgIpc) is 2.26. The SMILES string of the molecule is NC(=O)NC(=O)[C@@H](N)CCc1ccccc1. The van der Waals surface area contributed by atoms with Crippen LogP contribution in [0.25, 0.3) is 0 Å². The van der Waals surface area contributed by atoms with Gasteiger partial charge in [0.05, 0.1) is 6.04 Å². The van der Waals surface area contributed by atoms with Crippen LogP contribution in [0.2, 0.25) is 0 Å². The summed E-state index contributed by atoms with van der Waals surface area (Å²) in [7, 11) is 0. The number of imide groups is 1. The van der Waals surface area contributed by atoms with E-state index < -0.39 is 18.0 Å². The molecule has 1 aromatic carbocycles. The molecule has 3 amide bonds. The van der Waals surface area contributed by atoms with E-state index in [-0.39, 0.29) is 0 Å². The maximum absolute atomic E-state index is 11.2. The van der Waals surface area contributed by atoms with Gasteiger partial charge >= 0.3 is 6.03 Å². The number of aryl methyl sites for hydroxylation is 1. The zero-order valence-corrected chi connectivity index (χ0v) is 8.85.